The molecule has 0 unspecified atom stereocenters. The van der Waals surface area contributed by atoms with Crippen LogP contribution in [0.25, 0.3) is 0 Å². The summed E-state index contributed by atoms with van der Waals surface area (Å²) in [5, 5.41) is 8.86. The number of benzene rings is 1. The van der Waals surface area contributed by atoms with E-state index in [0.717, 1.165) is 45.3 Å². The van der Waals surface area contributed by atoms with Gasteiger partial charge in [0.1, 0.15) is 6.26 Å². The lowest BCUT2D eigenvalue weighted by atomic mass is 9.95. The molecule has 1 atom stereocenters. The Kier molecular flexibility index (Phi) is 6.32. The molecule has 2 N–H and O–H groups in total. The van der Waals surface area contributed by atoms with Crippen LogP contribution in [0.5, 0.6) is 0 Å². The van der Waals surface area contributed by atoms with E-state index in [1.165, 1.54) is 35.6 Å². The number of nitrogens with one attached hydrogen (secondary N) is 2. The first kappa shape index (κ1) is 20.4. The molecule has 1 fully saturated rings. The average Bonchev–Trinajstić information content (AvgIpc) is 3.27. The van der Waals surface area contributed by atoms with Gasteiger partial charge in [-0.05, 0) is 56.0 Å². The number of hydrogen-bond donors (Lipinski definition) is 2. The van der Waals surface area contributed by atoms with Gasteiger partial charge in [0, 0.05) is 31.9 Å². The molecule has 1 aromatic carbocycles. The molecule has 8 nitrogen and oxygen atoms in total. The highest BCUT2D eigenvalue weighted by Crippen LogP contribution is 2.31. The highest BCUT2D eigenvalue weighted by atomic mass is 16.5. The number of aryl methyl sites for hydroxylation is 1. The van der Waals surface area contributed by atoms with Gasteiger partial charge in [-0.3, -0.25) is 19.8 Å². The lowest BCUT2D eigenvalue weighted by Crippen LogP contribution is -2.43. The van der Waals surface area contributed by atoms with Crippen LogP contribution in [-0.2, 0) is 16.0 Å². The maximum absolute atomic E-state index is 12.4. The maximum atomic E-state index is 12.4. The van der Waals surface area contributed by atoms with Gasteiger partial charge in [0.25, 0.3) is 0 Å². The number of nitrogens with zero attached hydrogens (tertiary/aromatic N) is 3. The number of rotatable bonds is 5. The van der Waals surface area contributed by atoms with Crippen molar-refractivity contribution in [1.82, 2.24) is 15.4 Å². The molecule has 2 amide bonds. The second kappa shape index (κ2) is 9.30. The zero-order chi connectivity index (χ0) is 20.9. The van der Waals surface area contributed by atoms with Crippen LogP contribution in [0.2, 0.25) is 0 Å². The minimum atomic E-state index is -0.742. The third-order valence-electron chi connectivity index (χ3n) is 6.01. The van der Waals surface area contributed by atoms with Gasteiger partial charge in [0.05, 0.1) is 6.04 Å². The van der Waals surface area contributed by atoms with Crippen LogP contribution >= 0.6 is 0 Å². The van der Waals surface area contributed by atoms with E-state index in [0.29, 0.717) is 6.54 Å². The van der Waals surface area contributed by atoms with Crippen LogP contribution in [0.3, 0.4) is 0 Å². The van der Waals surface area contributed by atoms with Crippen molar-refractivity contribution in [2.24, 2.45) is 0 Å². The Bertz CT molecular complexity index is 877. The molecule has 160 valence electrons. The number of anilines is 2. The van der Waals surface area contributed by atoms with E-state index >= 15 is 0 Å². The molecule has 8 heteroatoms. The summed E-state index contributed by atoms with van der Waals surface area (Å²) in [6.45, 7) is 3.48. The fourth-order valence-electron chi connectivity index (χ4n) is 4.42. The van der Waals surface area contributed by atoms with Crippen molar-refractivity contribution in [3.05, 3.63) is 41.7 Å². The number of carbonyl (C=O) groups excluding carboxylic acids is 2. The lowest BCUT2D eigenvalue weighted by molar-refractivity contribution is -0.136. The van der Waals surface area contributed by atoms with Crippen molar-refractivity contribution in [2.45, 2.75) is 38.1 Å². The summed E-state index contributed by atoms with van der Waals surface area (Å²) >= 11 is 0. The van der Waals surface area contributed by atoms with Gasteiger partial charge in [-0.15, -0.1) is 0 Å². The van der Waals surface area contributed by atoms with E-state index < -0.39 is 11.8 Å². The fraction of sp³-hybridized carbons (Fsp3) is 0.500. The third kappa shape index (κ3) is 4.64. The van der Waals surface area contributed by atoms with Crippen LogP contribution in [0.4, 0.5) is 11.5 Å². The quantitative estimate of drug-likeness (QED) is 0.734. The Labute approximate surface area is 176 Å². The van der Waals surface area contributed by atoms with E-state index in [-0.39, 0.29) is 11.9 Å². The van der Waals surface area contributed by atoms with Crippen LogP contribution in [0.1, 0.15) is 42.9 Å². The van der Waals surface area contributed by atoms with Gasteiger partial charge >= 0.3 is 11.8 Å². The predicted octanol–water partition coefficient (Wildman–Crippen LogP) is 2.34. The van der Waals surface area contributed by atoms with Gasteiger partial charge in [0.15, 0.2) is 5.82 Å². The number of aromatic nitrogens is 1. The number of piperidine rings is 1. The molecule has 0 bridgehead atoms. The van der Waals surface area contributed by atoms with Crippen LogP contribution in [0.15, 0.2) is 35.1 Å². The maximum Gasteiger partial charge on any atom is 0.314 e. The molecule has 1 aromatic heterocycles. The summed E-state index contributed by atoms with van der Waals surface area (Å²) in [5.74, 6) is -1.19. The number of amides is 2. The Balaban J connectivity index is 1.47. The Hall–Kier alpha value is -2.87. The highest BCUT2D eigenvalue weighted by molar-refractivity contribution is 6.39. The second-order valence-corrected chi connectivity index (χ2v) is 8.07. The molecule has 0 aliphatic carbocycles. The van der Waals surface area contributed by atoms with Crippen molar-refractivity contribution in [2.75, 3.05) is 43.4 Å². The minimum absolute atomic E-state index is 0.0478. The van der Waals surface area contributed by atoms with Crippen molar-refractivity contribution in [3.63, 3.8) is 0 Å². The molecule has 30 heavy (non-hydrogen) atoms. The van der Waals surface area contributed by atoms with Crippen LogP contribution < -0.4 is 15.5 Å². The number of likely N-dealkylation sites (tertiary alicyclic amines) is 1. The topological polar surface area (TPSA) is 90.7 Å². The van der Waals surface area contributed by atoms with E-state index in [2.05, 4.69) is 55.4 Å². The first-order valence-electron chi connectivity index (χ1n) is 10.7. The minimum Gasteiger partial charge on any atom is -0.374 e. The molecule has 0 saturated carbocycles. The summed E-state index contributed by atoms with van der Waals surface area (Å²) in [6.07, 6.45) is 7.13. The van der Waals surface area contributed by atoms with E-state index in [1.54, 1.807) is 0 Å². The van der Waals surface area contributed by atoms with Crippen molar-refractivity contribution in [3.8, 4) is 0 Å². The molecule has 2 aliphatic heterocycles. The summed E-state index contributed by atoms with van der Waals surface area (Å²) in [7, 11) is 2.13. The molecule has 4 rings (SSSR count). The molecule has 2 aromatic rings. The molecule has 3 heterocycles. The molecular weight excluding hydrogens is 382 g/mol. The third-order valence-corrected chi connectivity index (χ3v) is 6.01. The highest BCUT2D eigenvalue weighted by Gasteiger charge is 2.26. The van der Waals surface area contributed by atoms with E-state index in [4.69, 9.17) is 0 Å². The number of fused-ring (bicyclic) bond motifs is 1. The van der Waals surface area contributed by atoms with Crippen molar-refractivity contribution >= 4 is 23.3 Å². The summed E-state index contributed by atoms with van der Waals surface area (Å²) in [4.78, 5) is 29.2. The van der Waals surface area contributed by atoms with Crippen molar-refractivity contribution < 1.29 is 14.1 Å². The molecule has 2 aliphatic rings. The first-order chi connectivity index (χ1) is 14.6. The Morgan fingerprint density at radius 3 is 2.70 bits per heavy atom. The van der Waals surface area contributed by atoms with Gasteiger partial charge < -0.3 is 14.7 Å². The van der Waals surface area contributed by atoms with Gasteiger partial charge in [0.2, 0.25) is 0 Å². The van der Waals surface area contributed by atoms with Crippen LogP contribution in [-0.4, -0.2) is 55.1 Å². The molecular formula is C22H29N5O3. The van der Waals surface area contributed by atoms with Gasteiger partial charge in [-0.2, -0.15) is 0 Å². The summed E-state index contributed by atoms with van der Waals surface area (Å²) in [5.41, 5.74) is 3.85. The smallest absolute Gasteiger partial charge is 0.314 e. The van der Waals surface area contributed by atoms with Gasteiger partial charge in [-0.25, -0.2) is 0 Å². The van der Waals surface area contributed by atoms with E-state index in [9.17, 15) is 9.59 Å². The molecule has 0 spiro atoms. The zero-order valence-electron chi connectivity index (χ0n) is 17.4. The summed E-state index contributed by atoms with van der Waals surface area (Å²) in [6, 6.07) is 8.19. The van der Waals surface area contributed by atoms with E-state index in [1.807, 2.05) is 0 Å². The van der Waals surface area contributed by atoms with Gasteiger partial charge in [-0.1, -0.05) is 23.7 Å². The lowest BCUT2D eigenvalue weighted by Gasteiger charge is -2.36. The molecule has 0 radical (unpaired) electrons. The Morgan fingerprint density at radius 1 is 1.10 bits per heavy atom. The zero-order valence-corrected chi connectivity index (χ0v) is 17.4. The van der Waals surface area contributed by atoms with Crippen molar-refractivity contribution in [1.29, 1.82) is 0 Å². The SMILES string of the molecule is CN1CCCc2cc([C@H](CNC(=O)C(=O)Nc3ccon3)N3CCCCC3)ccc21. The average molecular weight is 412 g/mol. The Morgan fingerprint density at radius 2 is 1.93 bits per heavy atom. The number of hydrogen-bond acceptors (Lipinski definition) is 6. The first-order valence-corrected chi connectivity index (χ1v) is 10.7. The monoisotopic (exact) mass is 411 g/mol. The number of carbonyl (C=O) groups is 2. The molecule has 1 saturated heterocycles. The standard InChI is InChI=1S/C22H29N5O3/c1-26-10-5-6-16-14-17(7-8-18(16)26)19(27-11-3-2-4-12-27)15-23-21(28)22(29)24-20-9-13-30-25-20/h7-9,13-14,19H,2-6,10-12,15H2,1H3,(H,23,28)(H,24,25,29)/t19-/m0/s1. The predicted molar refractivity (Wildman–Crippen MR) is 114 cm³/mol. The normalized spacial score (nSPS) is 17.8. The fourth-order valence-corrected chi connectivity index (χ4v) is 4.42. The largest absolute Gasteiger partial charge is 0.374 e. The summed E-state index contributed by atoms with van der Waals surface area (Å²) < 4.78 is 4.68. The van der Waals surface area contributed by atoms with Crippen LogP contribution in [0, 0.1) is 0 Å². The second-order valence-electron chi connectivity index (χ2n) is 8.07.